The summed E-state index contributed by atoms with van der Waals surface area (Å²) in [7, 11) is 1.63. The standard InChI is InChI=1S/C14H11N3O2S/c1-19-11-7-3-2-5-10(11)6-4-8-12-13(18)17-14(20-12)15-9-16-17/h2-9H,1H3/b6-4+,12-8-. The first-order valence-corrected chi connectivity index (χ1v) is 6.75. The van der Waals surface area contributed by atoms with Gasteiger partial charge in [0.05, 0.1) is 11.6 Å². The SMILES string of the molecule is COc1ccccc1/C=C/C=c1\sc2ncnn2c1=O. The van der Waals surface area contributed by atoms with Crippen molar-refractivity contribution in [1.29, 1.82) is 0 Å². The van der Waals surface area contributed by atoms with Crippen LogP contribution >= 0.6 is 11.3 Å². The lowest BCUT2D eigenvalue weighted by Gasteiger charge is -2.02. The number of hydrogen-bond acceptors (Lipinski definition) is 5. The molecule has 0 radical (unpaired) electrons. The molecule has 5 nitrogen and oxygen atoms in total. The van der Waals surface area contributed by atoms with Gasteiger partial charge in [-0.3, -0.25) is 4.79 Å². The van der Waals surface area contributed by atoms with E-state index in [1.807, 2.05) is 36.4 Å². The van der Waals surface area contributed by atoms with E-state index in [1.54, 1.807) is 13.2 Å². The minimum Gasteiger partial charge on any atom is -0.496 e. The van der Waals surface area contributed by atoms with Gasteiger partial charge in [0.1, 0.15) is 12.1 Å². The number of methoxy groups -OCH3 is 1. The summed E-state index contributed by atoms with van der Waals surface area (Å²) in [4.78, 5) is 16.5. The van der Waals surface area contributed by atoms with Crippen molar-refractivity contribution in [3.63, 3.8) is 0 Å². The van der Waals surface area contributed by atoms with Crippen molar-refractivity contribution >= 4 is 28.4 Å². The van der Waals surface area contributed by atoms with Crippen LogP contribution in [-0.2, 0) is 0 Å². The van der Waals surface area contributed by atoms with E-state index in [9.17, 15) is 4.79 Å². The average Bonchev–Trinajstić information content (AvgIpc) is 3.04. The molecule has 2 aromatic heterocycles. The van der Waals surface area contributed by atoms with E-state index in [1.165, 1.54) is 22.2 Å². The molecule has 0 unspecified atom stereocenters. The van der Waals surface area contributed by atoms with E-state index in [0.717, 1.165) is 11.3 Å². The number of allylic oxidation sites excluding steroid dienone is 1. The third kappa shape index (κ3) is 2.21. The van der Waals surface area contributed by atoms with Gasteiger partial charge in [-0.2, -0.15) is 9.61 Å². The number of benzene rings is 1. The number of rotatable bonds is 3. The Kier molecular flexibility index (Phi) is 3.30. The zero-order chi connectivity index (χ0) is 13.9. The first-order valence-electron chi connectivity index (χ1n) is 5.93. The predicted octanol–water partition coefficient (Wildman–Crippen LogP) is 1.37. The van der Waals surface area contributed by atoms with Crippen LogP contribution in [0.5, 0.6) is 5.75 Å². The van der Waals surface area contributed by atoms with Crippen LogP contribution in [0.2, 0.25) is 0 Å². The van der Waals surface area contributed by atoms with Gasteiger partial charge in [-0.25, -0.2) is 4.98 Å². The quantitative estimate of drug-likeness (QED) is 0.729. The van der Waals surface area contributed by atoms with Crippen molar-refractivity contribution in [2.24, 2.45) is 0 Å². The molecule has 0 aliphatic carbocycles. The van der Waals surface area contributed by atoms with Gasteiger partial charge >= 0.3 is 0 Å². The van der Waals surface area contributed by atoms with Crippen LogP contribution in [0.25, 0.3) is 17.1 Å². The van der Waals surface area contributed by atoms with Gasteiger partial charge in [0, 0.05) is 5.56 Å². The third-order valence-electron chi connectivity index (χ3n) is 2.78. The molecule has 100 valence electrons. The molecular weight excluding hydrogens is 274 g/mol. The van der Waals surface area contributed by atoms with Crippen LogP contribution in [0.15, 0.2) is 41.5 Å². The largest absolute Gasteiger partial charge is 0.496 e. The molecule has 1 aromatic carbocycles. The normalized spacial score (nSPS) is 12.6. The highest BCUT2D eigenvalue weighted by atomic mass is 32.1. The molecule has 0 aliphatic rings. The molecule has 0 N–H and O–H groups in total. The van der Waals surface area contributed by atoms with E-state index < -0.39 is 0 Å². The minimum absolute atomic E-state index is 0.146. The van der Waals surface area contributed by atoms with Gasteiger partial charge in [0.2, 0.25) is 4.96 Å². The fourth-order valence-corrected chi connectivity index (χ4v) is 2.67. The lowest BCUT2D eigenvalue weighted by atomic mass is 10.2. The van der Waals surface area contributed by atoms with Gasteiger partial charge in [-0.05, 0) is 12.1 Å². The molecule has 0 aliphatic heterocycles. The van der Waals surface area contributed by atoms with Crippen LogP contribution < -0.4 is 14.8 Å². The Hall–Kier alpha value is -2.47. The Balaban J connectivity index is 1.97. The molecule has 2 heterocycles. The summed E-state index contributed by atoms with van der Waals surface area (Å²) in [5.41, 5.74) is 0.810. The third-order valence-corrected chi connectivity index (χ3v) is 3.77. The van der Waals surface area contributed by atoms with E-state index in [4.69, 9.17) is 4.74 Å². The van der Waals surface area contributed by atoms with Gasteiger partial charge in [-0.15, -0.1) is 0 Å². The van der Waals surface area contributed by atoms with Gasteiger partial charge in [0.15, 0.2) is 0 Å². The van der Waals surface area contributed by atoms with Gasteiger partial charge in [-0.1, -0.05) is 41.7 Å². The molecule has 3 aromatic rings. The monoisotopic (exact) mass is 285 g/mol. The Labute approximate surface area is 118 Å². The molecule has 0 saturated heterocycles. The number of para-hydroxylation sites is 1. The Morgan fingerprint density at radius 1 is 1.35 bits per heavy atom. The second kappa shape index (κ2) is 5.26. The van der Waals surface area contributed by atoms with Gasteiger partial charge in [0.25, 0.3) is 5.56 Å². The second-order valence-corrected chi connectivity index (χ2v) is 5.00. The number of nitrogens with zero attached hydrogens (tertiary/aromatic N) is 3. The van der Waals surface area contributed by atoms with Crippen molar-refractivity contribution in [2.75, 3.05) is 7.11 Å². The predicted molar refractivity (Wildman–Crippen MR) is 78.8 cm³/mol. The van der Waals surface area contributed by atoms with Crippen molar-refractivity contribution in [2.45, 2.75) is 0 Å². The van der Waals surface area contributed by atoms with Crippen molar-refractivity contribution in [3.8, 4) is 5.75 Å². The zero-order valence-corrected chi connectivity index (χ0v) is 11.5. The number of fused-ring (bicyclic) bond motifs is 1. The molecule has 6 heteroatoms. The van der Waals surface area contributed by atoms with Crippen LogP contribution in [0.3, 0.4) is 0 Å². The highest BCUT2D eigenvalue weighted by Crippen LogP contribution is 2.18. The topological polar surface area (TPSA) is 56.5 Å². The molecular formula is C14H11N3O2S. The maximum absolute atomic E-state index is 11.9. The van der Waals surface area contributed by atoms with Crippen LogP contribution in [0.4, 0.5) is 0 Å². The molecule has 0 bridgehead atoms. The first kappa shape index (κ1) is 12.6. The van der Waals surface area contributed by atoms with Crippen LogP contribution in [-0.4, -0.2) is 21.7 Å². The Bertz CT molecular complexity index is 879. The van der Waals surface area contributed by atoms with Crippen molar-refractivity contribution < 1.29 is 4.74 Å². The number of aromatic nitrogens is 3. The summed E-state index contributed by atoms with van der Waals surface area (Å²) in [6, 6.07) is 7.69. The molecule has 0 atom stereocenters. The summed E-state index contributed by atoms with van der Waals surface area (Å²) < 4.78 is 7.16. The molecule has 0 saturated carbocycles. The highest BCUT2D eigenvalue weighted by Gasteiger charge is 2.03. The van der Waals surface area contributed by atoms with Crippen LogP contribution in [0, 0.1) is 0 Å². The lowest BCUT2D eigenvalue weighted by molar-refractivity contribution is 0.414. The number of ether oxygens (including phenoxy) is 1. The summed E-state index contributed by atoms with van der Waals surface area (Å²) >= 11 is 1.31. The van der Waals surface area contributed by atoms with Crippen molar-refractivity contribution in [3.05, 3.63) is 57.1 Å². The molecule has 0 fully saturated rings. The summed E-state index contributed by atoms with van der Waals surface area (Å²) in [5.74, 6) is 0.794. The molecule has 3 rings (SSSR count). The summed E-state index contributed by atoms with van der Waals surface area (Å²) in [5, 5.41) is 3.87. The van der Waals surface area contributed by atoms with E-state index >= 15 is 0 Å². The first-order chi connectivity index (χ1) is 9.79. The maximum Gasteiger partial charge on any atom is 0.291 e. The van der Waals surface area contributed by atoms with E-state index in [0.29, 0.717) is 9.49 Å². The maximum atomic E-state index is 11.9. The molecule has 20 heavy (non-hydrogen) atoms. The van der Waals surface area contributed by atoms with Crippen molar-refractivity contribution in [1.82, 2.24) is 14.6 Å². The smallest absolute Gasteiger partial charge is 0.291 e. The Morgan fingerprint density at radius 2 is 2.20 bits per heavy atom. The number of thiazole rings is 1. The lowest BCUT2D eigenvalue weighted by Crippen LogP contribution is -2.23. The van der Waals surface area contributed by atoms with E-state index in [-0.39, 0.29) is 5.56 Å². The zero-order valence-electron chi connectivity index (χ0n) is 10.7. The fourth-order valence-electron chi connectivity index (χ4n) is 1.83. The summed E-state index contributed by atoms with van der Waals surface area (Å²) in [6.45, 7) is 0. The molecule has 0 amide bonds. The Morgan fingerprint density at radius 3 is 3.00 bits per heavy atom. The van der Waals surface area contributed by atoms with Gasteiger partial charge < -0.3 is 4.74 Å². The average molecular weight is 285 g/mol. The number of hydrogen-bond donors (Lipinski definition) is 0. The van der Waals surface area contributed by atoms with E-state index in [2.05, 4.69) is 10.1 Å². The fraction of sp³-hybridized carbons (Fsp3) is 0.0714. The molecule has 0 spiro atoms. The van der Waals surface area contributed by atoms with Crippen LogP contribution in [0.1, 0.15) is 5.56 Å². The second-order valence-electron chi connectivity index (χ2n) is 3.99. The highest BCUT2D eigenvalue weighted by molar-refractivity contribution is 7.15. The minimum atomic E-state index is -0.146. The summed E-state index contributed by atoms with van der Waals surface area (Å²) in [6.07, 6.45) is 6.86.